The lowest BCUT2D eigenvalue weighted by atomic mass is 9.47. The summed E-state index contributed by atoms with van der Waals surface area (Å²) in [5.41, 5.74) is 0.457. The van der Waals surface area contributed by atoms with E-state index in [1.807, 2.05) is 13.8 Å². The Labute approximate surface area is 194 Å². The van der Waals surface area contributed by atoms with Gasteiger partial charge >= 0.3 is 0 Å². The van der Waals surface area contributed by atoms with Crippen LogP contribution in [0.1, 0.15) is 92.9 Å². The quantitative estimate of drug-likeness (QED) is 0.525. The number of rotatable bonds is 5. The van der Waals surface area contributed by atoms with E-state index in [1.165, 1.54) is 5.57 Å². The minimum absolute atomic E-state index is 0.0217. The minimum atomic E-state index is -0.996. The maximum atomic E-state index is 12.9. The molecule has 0 aliphatic heterocycles. The van der Waals surface area contributed by atoms with Crippen molar-refractivity contribution in [1.82, 2.24) is 0 Å². The van der Waals surface area contributed by atoms with E-state index in [4.69, 9.17) is 0 Å². The van der Waals surface area contributed by atoms with Crippen LogP contribution in [-0.4, -0.2) is 38.9 Å². The Hall–Kier alpha value is -0.710. The highest BCUT2D eigenvalue weighted by atomic mass is 16.3. The normalized spacial score (nSPS) is 46.5. The molecule has 2 unspecified atom stereocenters. The molecular formula is C28H46O4. The molecule has 0 aromatic rings. The fourth-order valence-electron chi connectivity index (χ4n) is 8.58. The molecule has 10 atom stereocenters. The van der Waals surface area contributed by atoms with Crippen molar-refractivity contribution in [2.75, 3.05) is 0 Å². The van der Waals surface area contributed by atoms with Gasteiger partial charge in [0.1, 0.15) is 5.78 Å². The molecule has 0 aromatic heterocycles. The first-order valence-corrected chi connectivity index (χ1v) is 13.1. The van der Waals surface area contributed by atoms with Gasteiger partial charge in [0.15, 0.2) is 0 Å². The smallest absolute Gasteiger partial charge is 0.138 e. The Morgan fingerprint density at radius 2 is 1.81 bits per heavy atom. The van der Waals surface area contributed by atoms with E-state index in [0.717, 1.165) is 38.5 Å². The summed E-state index contributed by atoms with van der Waals surface area (Å²) < 4.78 is 0. The number of aliphatic hydroxyl groups is 3. The molecular weight excluding hydrogens is 400 g/mol. The molecule has 0 spiro atoms. The molecule has 4 aliphatic rings. The molecule has 0 radical (unpaired) electrons. The van der Waals surface area contributed by atoms with E-state index in [-0.39, 0.29) is 58.9 Å². The molecule has 3 fully saturated rings. The Morgan fingerprint density at radius 1 is 1.12 bits per heavy atom. The number of carbonyl (C=O) groups excluding carboxylic acids is 1. The van der Waals surface area contributed by atoms with E-state index >= 15 is 0 Å². The van der Waals surface area contributed by atoms with Crippen molar-refractivity contribution in [3.8, 4) is 0 Å². The third kappa shape index (κ3) is 3.73. The average Bonchev–Trinajstić information content (AvgIpc) is 3.06. The van der Waals surface area contributed by atoms with Crippen LogP contribution in [0.4, 0.5) is 0 Å². The molecule has 3 N–H and O–H groups in total. The highest BCUT2D eigenvalue weighted by molar-refractivity contribution is 5.81. The lowest BCUT2D eigenvalue weighted by Gasteiger charge is -2.58. The van der Waals surface area contributed by atoms with Gasteiger partial charge in [-0.05, 0) is 92.3 Å². The number of ketones is 1. The van der Waals surface area contributed by atoms with E-state index in [1.54, 1.807) is 0 Å². The number of carbonyl (C=O) groups is 1. The SMILES string of the molecule is CC(C)[C@H](C)C(=O)C[C@](C)(O)[C@H]1CCC2C3C[C@H](O)[C@H]4C[C@@H](O)CC[C@]4(C)C3=CC[C@@]21C. The van der Waals surface area contributed by atoms with E-state index in [0.29, 0.717) is 18.3 Å². The maximum Gasteiger partial charge on any atom is 0.138 e. The number of allylic oxidation sites excluding steroid dienone is 2. The van der Waals surface area contributed by atoms with Crippen molar-refractivity contribution in [2.45, 2.75) is 111 Å². The summed E-state index contributed by atoms with van der Waals surface area (Å²) >= 11 is 0. The molecule has 4 aliphatic carbocycles. The molecule has 0 bridgehead atoms. The standard InChI is InChI=1S/C28H46O4/c1-16(2)17(3)24(31)15-28(6,32)25-8-7-20-19-14-23(30)22-13-18(29)9-11-26(22,4)21(19)10-12-27(20,25)5/h10,16-20,22-23,25,29-30,32H,7-9,11-15H2,1-6H3/t17-,18-,19?,20?,22+,23-,25-,26+,27-,28-/m0/s1. The molecule has 0 aromatic carbocycles. The summed E-state index contributed by atoms with van der Waals surface area (Å²) in [5.74, 6) is 1.47. The third-order valence-corrected chi connectivity index (χ3v) is 10.8. The lowest BCUT2D eigenvalue weighted by Crippen LogP contribution is -2.55. The van der Waals surface area contributed by atoms with Crippen molar-refractivity contribution in [2.24, 2.45) is 46.3 Å². The topological polar surface area (TPSA) is 77.8 Å². The fraction of sp³-hybridized carbons (Fsp3) is 0.893. The second-order valence-electron chi connectivity index (χ2n) is 13.0. The molecule has 32 heavy (non-hydrogen) atoms. The third-order valence-electron chi connectivity index (χ3n) is 10.8. The molecule has 3 saturated carbocycles. The van der Waals surface area contributed by atoms with Gasteiger partial charge < -0.3 is 15.3 Å². The Kier molecular flexibility index (Phi) is 6.26. The fourth-order valence-corrected chi connectivity index (χ4v) is 8.58. The van der Waals surface area contributed by atoms with Gasteiger partial charge in [0.05, 0.1) is 17.8 Å². The van der Waals surface area contributed by atoms with Crippen molar-refractivity contribution in [1.29, 1.82) is 0 Å². The number of Topliss-reactive ketones (excluding diaryl/α,β-unsaturated/α-hetero) is 1. The summed E-state index contributed by atoms with van der Waals surface area (Å²) in [4.78, 5) is 12.9. The summed E-state index contributed by atoms with van der Waals surface area (Å²) in [6.07, 6.45) is 8.23. The Balaban J connectivity index is 1.60. The number of aliphatic hydroxyl groups excluding tert-OH is 2. The minimum Gasteiger partial charge on any atom is -0.393 e. The van der Waals surface area contributed by atoms with Gasteiger partial charge in [0.2, 0.25) is 0 Å². The van der Waals surface area contributed by atoms with E-state index in [2.05, 4.69) is 33.8 Å². The second-order valence-corrected chi connectivity index (χ2v) is 13.0. The summed E-state index contributed by atoms with van der Waals surface area (Å²) in [7, 11) is 0. The molecule has 0 heterocycles. The monoisotopic (exact) mass is 446 g/mol. The second kappa shape index (κ2) is 8.20. The molecule has 4 heteroatoms. The molecule has 4 rings (SSSR count). The van der Waals surface area contributed by atoms with Crippen LogP contribution >= 0.6 is 0 Å². The van der Waals surface area contributed by atoms with Gasteiger partial charge in [-0.3, -0.25) is 4.79 Å². The van der Waals surface area contributed by atoms with Gasteiger partial charge in [0.25, 0.3) is 0 Å². The van der Waals surface area contributed by atoms with Crippen LogP contribution in [0.5, 0.6) is 0 Å². The van der Waals surface area contributed by atoms with Crippen molar-refractivity contribution < 1.29 is 20.1 Å². The first-order chi connectivity index (χ1) is 14.8. The zero-order valence-electron chi connectivity index (χ0n) is 21.1. The summed E-state index contributed by atoms with van der Waals surface area (Å²) in [5, 5.41) is 33.0. The summed E-state index contributed by atoms with van der Waals surface area (Å²) in [6.45, 7) is 12.7. The van der Waals surface area contributed by atoms with Crippen LogP contribution in [-0.2, 0) is 4.79 Å². The van der Waals surface area contributed by atoms with E-state index in [9.17, 15) is 20.1 Å². The molecule has 4 nitrogen and oxygen atoms in total. The number of hydrogen-bond donors (Lipinski definition) is 3. The zero-order valence-corrected chi connectivity index (χ0v) is 21.1. The first-order valence-electron chi connectivity index (χ1n) is 13.1. The van der Waals surface area contributed by atoms with Crippen LogP contribution in [0.2, 0.25) is 0 Å². The Morgan fingerprint density at radius 3 is 2.47 bits per heavy atom. The van der Waals surface area contributed by atoms with Crippen molar-refractivity contribution in [3.05, 3.63) is 11.6 Å². The lowest BCUT2D eigenvalue weighted by molar-refractivity contribution is -0.134. The predicted octanol–water partition coefficient (Wildman–Crippen LogP) is 4.90. The summed E-state index contributed by atoms with van der Waals surface area (Å²) in [6, 6.07) is 0. The average molecular weight is 447 g/mol. The van der Waals surface area contributed by atoms with Crippen molar-refractivity contribution in [3.63, 3.8) is 0 Å². The van der Waals surface area contributed by atoms with Crippen LogP contribution in [0.25, 0.3) is 0 Å². The highest BCUT2D eigenvalue weighted by Crippen LogP contribution is 2.66. The van der Waals surface area contributed by atoms with Gasteiger partial charge in [-0.2, -0.15) is 0 Å². The first kappa shape index (κ1) is 24.4. The van der Waals surface area contributed by atoms with Crippen LogP contribution in [0, 0.1) is 46.3 Å². The molecule has 0 saturated heterocycles. The Bertz CT molecular complexity index is 769. The number of hydrogen-bond acceptors (Lipinski definition) is 4. The van der Waals surface area contributed by atoms with Crippen molar-refractivity contribution >= 4 is 5.78 Å². The predicted molar refractivity (Wildman–Crippen MR) is 127 cm³/mol. The van der Waals surface area contributed by atoms with Gasteiger partial charge in [-0.15, -0.1) is 0 Å². The zero-order chi connectivity index (χ0) is 23.6. The highest BCUT2D eigenvalue weighted by Gasteiger charge is 2.61. The number of fused-ring (bicyclic) bond motifs is 5. The molecule has 0 amide bonds. The van der Waals surface area contributed by atoms with Crippen LogP contribution < -0.4 is 0 Å². The maximum absolute atomic E-state index is 12.9. The molecule has 182 valence electrons. The van der Waals surface area contributed by atoms with Gasteiger partial charge in [0, 0.05) is 12.3 Å². The van der Waals surface area contributed by atoms with Crippen LogP contribution in [0.3, 0.4) is 0 Å². The van der Waals surface area contributed by atoms with Crippen LogP contribution in [0.15, 0.2) is 11.6 Å². The largest absolute Gasteiger partial charge is 0.393 e. The van der Waals surface area contributed by atoms with Gasteiger partial charge in [-0.25, -0.2) is 0 Å². The van der Waals surface area contributed by atoms with Gasteiger partial charge in [-0.1, -0.05) is 46.3 Å². The van der Waals surface area contributed by atoms with E-state index < -0.39 is 5.60 Å².